The molecule has 1 aliphatic heterocycles. The number of hydrogen-bond donors (Lipinski definition) is 1. The van der Waals surface area contributed by atoms with Gasteiger partial charge in [0.2, 0.25) is 0 Å². The number of likely N-dealkylation sites (tertiary alicyclic amines) is 1. The minimum atomic E-state index is 0.737. The number of hydrogen-bond acceptors (Lipinski definition) is 4. The van der Waals surface area contributed by atoms with Crippen LogP contribution in [-0.2, 0) is 13.1 Å². The fraction of sp³-hybridized carbons (Fsp3) is 0.857. The summed E-state index contributed by atoms with van der Waals surface area (Å²) in [6.07, 6.45) is 7.41. The van der Waals surface area contributed by atoms with E-state index in [1.54, 1.807) is 0 Å². The van der Waals surface area contributed by atoms with Gasteiger partial charge in [0.15, 0.2) is 0 Å². The van der Waals surface area contributed by atoms with Crippen LogP contribution in [-0.4, -0.2) is 45.6 Å². The van der Waals surface area contributed by atoms with Gasteiger partial charge < -0.3 is 10.2 Å². The highest BCUT2D eigenvalue weighted by molar-refractivity contribution is 4.94. The second kappa shape index (κ2) is 6.01. The van der Waals surface area contributed by atoms with Crippen LogP contribution in [0.15, 0.2) is 6.20 Å². The molecule has 0 unspecified atom stereocenters. The molecule has 1 aliphatic carbocycles. The van der Waals surface area contributed by atoms with Gasteiger partial charge in [-0.2, -0.15) is 0 Å². The first-order valence-corrected chi connectivity index (χ1v) is 7.64. The maximum absolute atomic E-state index is 4.22. The lowest BCUT2D eigenvalue weighted by Gasteiger charge is -2.29. The van der Waals surface area contributed by atoms with Crippen LogP contribution in [0.3, 0.4) is 0 Å². The molecule has 0 spiro atoms. The van der Waals surface area contributed by atoms with E-state index < -0.39 is 0 Å². The van der Waals surface area contributed by atoms with Crippen molar-refractivity contribution in [3.63, 3.8) is 0 Å². The lowest BCUT2D eigenvalue weighted by molar-refractivity contribution is 0.184. The van der Waals surface area contributed by atoms with Crippen LogP contribution in [0.2, 0.25) is 0 Å². The third kappa shape index (κ3) is 4.01. The fourth-order valence-electron chi connectivity index (χ4n) is 2.59. The summed E-state index contributed by atoms with van der Waals surface area (Å²) in [7, 11) is 0. The predicted octanol–water partition coefficient (Wildman–Crippen LogP) is 1.26. The van der Waals surface area contributed by atoms with Crippen molar-refractivity contribution in [2.24, 2.45) is 5.92 Å². The Bertz CT molecular complexity index is 390. The molecule has 106 valence electrons. The predicted molar refractivity (Wildman–Crippen MR) is 74.7 cm³/mol. The maximum atomic E-state index is 4.22. The van der Waals surface area contributed by atoms with E-state index in [1.807, 2.05) is 4.68 Å². The number of piperidine rings is 1. The van der Waals surface area contributed by atoms with Crippen molar-refractivity contribution in [3.05, 3.63) is 11.9 Å². The van der Waals surface area contributed by atoms with Gasteiger partial charge in [0.05, 0.1) is 12.2 Å². The first-order chi connectivity index (χ1) is 9.29. The van der Waals surface area contributed by atoms with Gasteiger partial charge in [0.25, 0.3) is 0 Å². The Morgan fingerprint density at radius 2 is 2.00 bits per heavy atom. The molecule has 1 aromatic heterocycles. The Morgan fingerprint density at radius 3 is 2.74 bits per heavy atom. The summed E-state index contributed by atoms with van der Waals surface area (Å²) in [6, 6.07) is 0.737. The number of nitrogens with zero attached hydrogens (tertiary/aromatic N) is 4. The minimum absolute atomic E-state index is 0.737. The molecule has 5 nitrogen and oxygen atoms in total. The summed E-state index contributed by atoms with van der Waals surface area (Å²) in [5.41, 5.74) is 1.07. The second-order valence-electron chi connectivity index (χ2n) is 6.15. The van der Waals surface area contributed by atoms with Crippen LogP contribution >= 0.6 is 0 Å². The topological polar surface area (TPSA) is 46.0 Å². The molecule has 0 bridgehead atoms. The Morgan fingerprint density at radius 1 is 1.21 bits per heavy atom. The van der Waals surface area contributed by atoms with Crippen molar-refractivity contribution < 1.29 is 0 Å². The van der Waals surface area contributed by atoms with E-state index in [-0.39, 0.29) is 0 Å². The molecule has 1 N–H and O–H groups in total. The lowest BCUT2D eigenvalue weighted by atomic mass is 9.99. The van der Waals surface area contributed by atoms with Gasteiger partial charge >= 0.3 is 0 Å². The largest absolute Gasteiger partial charge is 0.308 e. The normalized spacial score (nSPS) is 21.9. The van der Waals surface area contributed by atoms with Crippen molar-refractivity contribution >= 4 is 0 Å². The van der Waals surface area contributed by atoms with Crippen LogP contribution in [0.25, 0.3) is 0 Å². The SMILES string of the molecule is CC1CCN(CCn2cc(CNC3CC3)nn2)CC1. The second-order valence-corrected chi connectivity index (χ2v) is 6.15. The first kappa shape index (κ1) is 13.1. The smallest absolute Gasteiger partial charge is 0.0964 e. The number of nitrogens with one attached hydrogen (secondary N) is 1. The molecule has 1 aromatic rings. The molecule has 1 saturated heterocycles. The Hall–Kier alpha value is -0.940. The highest BCUT2D eigenvalue weighted by Gasteiger charge is 2.20. The van der Waals surface area contributed by atoms with E-state index in [2.05, 4.69) is 33.6 Å². The molecular formula is C14H25N5. The van der Waals surface area contributed by atoms with Gasteiger partial charge in [-0.25, -0.2) is 0 Å². The van der Waals surface area contributed by atoms with Crippen LogP contribution in [0, 0.1) is 5.92 Å². The van der Waals surface area contributed by atoms with E-state index in [9.17, 15) is 0 Å². The average molecular weight is 263 g/mol. The highest BCUT2D eigenvalue weighted by Crippen LogP contribution is 2.19. The molecule has 5 heteroatoms. The van der Waals surface area contributed by atoms with Gasteiger partial charge in [0.1, 0.15) is 0 Å². The van der Waals surface area contributed by atoms with E-state index in [1.165, 1.54) is 38.8 Å². The standard InChI is InChI=1S/C14H25N5/c1-12-4-6-18(7-5-12)8-9-19-11-14(16-17-19)10-15-13-2-3-13/h11-13,15H,2-10H2,1H3. The van der Waals surface area contributed by atoms with E-state index in [4.69, 9.17) is 0 Å². The fourth-order valence-corrected chi connectivity index (χ4v) is 2.59. The summed E-state index contributed by atoms with van der Waals surface area (Å²) in [5, 5.41) is 11.9. The zero-order valence-electron chi connectivity index (χ0n) is 11.9. The molecule has 1 saturated carbocycles. The van der Waals surface area contributed by atoms with Gasteiger partial charge in [0, 0.05) is 25.3 Å². The first-order valence-electron chi connectivity index (χ1n) is 7.64. The molecule has 19 heavy (non-hydrogen) atoms. The van der Waals surface area contributed by atoms with Gasteiger partial charge in [-0.15, -0.1) is 5.10 Å². The molecule has 2 heterocycles. The van der Waals surface area contributed by atoms with Crippen molar-refractivity contribution in [2.75, 3.05) is 19.6 Å². The van der Waals surface area contributed by atoms with E-state index >= 15 is 0 Å². The summed E-state index contributed by atoms with van der Waals surface area (Å²) in [5.74, 6) is 0.905. The van der Waals surface area contributed by atoms with Crippen molar-refractivity contribution in [3.8, 4) is 0 Å². The average Bonchev–Trinajstić information content (AvgIpc) is 3.15. The molecule has 3 rings (SSSR count). The summed E-state index contributed by atoms with van der Waals surface area (Å²) < 4.78 is 1.99. The third-order valence-corrected chi connectivity index (χ3v) is 4.26. The molecule has 0 atom stereocenters. The van der Waals surface area contributed by atoms with E-state index in [0.29, 0.717) is 0 Å². The summed E-state index contributed by atoms with van der Waals surface area (Å²) in [6.45, 7) is 7.77. The van der Waals surface area contributed by atoms with Gasteiger partial charge in [-0.3, -0.25) is 4.68 Å². The monoisotopic (exact) mass is 263 g/mol. The van der Waals surface area contributed by atoms with Gasteiger partial charge in [-0.05, 0) is 44.7 Å². The Kier molecular flexibility index (Phi) is 4.13. The summed E-state index contributed by atoms with van der Waals surface area (Å²) >= 11 is 0. The molecule has 2 aliphatic rings. The lowest BCUT2D eigenvalue weighted by Crippen LogP contribution is -2.35. The zero-order valence-corrected chi connectivity index (χ0v) is 11.9. The van der Waals surface area contributed by atoms with Crippen LogP contribution in [0.4, 0.5) is 0 Å². The molecule has 0 radical (unpaired) electrons. The third-order valence-electron chi connectivity index (χ3n) is 4.26. The molecule has 2 fully saturated rings. The minimum Gasteiger partial charge on any atom is -0.308 e. The number of aromatic nitrogens is 3. The Balaban J connectivity index is 1.39. The van der Waals surface area contributed by atoms with Crippen LogP contribution in [0.5, 0.6) is 0 Å². The Labute approximate surface area is 115 Å². The quantitative estimate of drug-likeness (QED) is 0.839. The van der Waals surface area contributed by atoms with Crippen molar-refractivity contribution in [2.45, 2.75) is 51.7 Å². The van der Waals surface area contributed by atoms with Crippen LogP contribution < -0.4 is 5.32 Å². The number of rotatable bonds is 6. The summed E-state index contributed by atoms with van der Waals surface area (Å²) in [4.78, 5) is 2.55. The maximum Gasteiger partial charge on any atom is 0.0964 e. The van der Waals surface area contributed by atoms with Gasteiger partial charge in [-0.1, -0.05) is 12.1 Å². The highest BCUT2D eigenvalue weighted by atomic mass is 15.4. The molecule has 0 aromatic carbocycles. The van der Waals surface area contributed by atoms with Crippen LogP contribution in [0.1, 0.15) is 38.3 Å². The van der Waals surface area contributed by atoms with Crippen molar-refractivity contribution in [1.82, 2.24) is 25.2 Å². The molecule has 0 amide bonds. The molecular weight excluding hydrogens is 238 g/mol. The van der Waals surface area contributed by atoms with E-state index in [0.717, 1.165) is 37.3 Å². The zero-order chi connectivity index (χ0) is 13.1. The van der Waals surface area contributed by atoms with Crippen molar-refractivity contribution in [1.29, 1.82) is 0 Å².